The first kappa shape index (κ1) is 14.4. The topological polar surface area (TPSA) is 59.0 Å². The summed E-state index contributed by atoms with van der Waals surface area (Å²) >= 11 is 3.32. The lowest BCUT2D eigenvalue weighted by atomic mass is 10.2. The molecular weight excluding hydrogens is 352 g/mol. The maximum Gasteiger partial charge on any atom is 0.355 e. The van der Waals surface area contributed by atoms with Gasteiger partial charge in [0.1, 0.15) is 5.70 Å². The van der Waals surface area contributed by atoms with Crippen LogP contribution in [0, 0.1) is 6.92 Å². The molecule has 8 heteroatoms. The largest absolute Gasteiger partial charge is 0.464 e. The molecule has 0 fully saturated rings. The van der Waals surface area contributed by atoms with Crippen molar-refractivity contribution in [3.05, 3.63) is 32.1 Å². The first-order chi connectivity index (χ1) is 8.93. The number of ether oxygens (including phenoxy) is 1. The number of rotatable bonds is 2. The summed E-state index contributed by atoms with van der Waals surface area (Å²) in [5.74, 6) is -0.532. The minimum atomic E-state index is -1.62. The summed E-state index contributed by atoms with van der Waals surface area (Å²) in [4.78, 5) is 13.6. The molecule has 0 saturated carbocycles. The van der Waals surface area contributed by atoms with Crippen molar-refractivity contribution in [2.24, 2.45) is 4.40 Å². The van der Waals surface area contributed by atoms with Crippen molar-refractivity contribution in [3.63, 3.8) is 0 Å². The smallest absolute Gasteiger partial charge is 0.355 e. The Morgan fingerprint density at radius 3 is 2.79 bits per heavy atom. The number of carbonyl (C=O) groups is 1. The first-order valence-corrected chi connectivity index (χ1v) is 7.92. The average molecular weight is 363 g/mol. The minimum absolute atomic E-state index is 0.230. The summed E-state index contributed by atoms with van der Waals surface area (Å²) in [5, 5.41) is 0. The first-order valence-electron chi connectivity index (χ1n) is 5.24. The number of hydrogen-bond donors (Lipinski definition) is 0. The zero-order valence-corrected chi connectivity index (χ0v) is 13.7. The van der Waals surface area contributed by atoms with Crippen molar-refractivity contribution in [2.75, 3.05) is 14.2 Å². The van der Waals surface area contributed by atoms with Gasteiger partial charge in [-0.1, -0.05) is 0 Å². The van der Waals surface area contributed by atoms with E-state index in [0.717, 1.165) is 14.2 Å². The molecule has 1 atom stereocenters. The number of hydrogen-bond acceptors (Lipinski definition) is 4. The normalized spacial score (nSPS) is 18.9. The Morgan fingerprint density at radius 1 is 1.58 bits per heavy atom. The number of methoxy groups -OCH3 is 1. The molecule has 5 nitrogen and oxygen atoms in total. The van der Waals surface area contributed by atoms with E-state index in [-0.39, 0.29) is 5.70 Å². The number of halogens is 1. The van der Waals surface area contributed by atoms with Gasteiger partial charge in [-0.2, -0.15) is 4.40 Å². The Bertz CT molecular complexity index is 602. The van der Waals surface area contributed by atoms with Gasteiger partial charge in [-0.3, -0.25) is 4.31 Å². The third-order valence-corrected chi connectivity index (χ3v) is 5.70. The van der Waals surface area contributed by atoms with Gasteiger partial charge >= 0.3 is 5.97 Å². The fourth-order valence-electron chi connectivity index (χ4n) is 1.47. The van der Waals surface area contributed by atoms with Gasteiger partial charge in [0, 0.05) is 16.4 Å². The van der Waals surface area contributed by atoms with Crippen molar-refractivity contribution >= 4 is 50.1 Å². The van der Waals surface area contributed by atoms with Gasteiger partial charge in [0.25, 0.3) is 0 Å². The summed E-state index contributed by atoms with van der Waals surface area (Å²) in [5.41, 5.74) is 0.753. The molecule has 0 saturated heterocycles. The van der Waals surface area contributed by atoms with Crippen LogP contribution in [0.25, 0.3) is 0 Å². The Morgan fingerprint density at radius 2 is 2.26 bits per heavy atom. The van der Waals surface area contributed by atoms with Crippen molar-refractivity contribution < 1.29 is 13.7 Å². The standard InChI is InChI=1S/C11H11BrN2O3S2/c1-6-7(12)4-10(18-6)8-5-9(11(15)17-3)14(2)19(16)13-8/h4-5H,1-3H3. The summed E-state index contributed by atoms with van der Waals surface area (Å²) in [6.45, 7) is 1.97. The lowest BCUT2D eigenvalue weighted by Gasteiger charge is -2.20. The molecule has 0 aliphatic carbocycles. The summed E-state index contributed by atoms with van der Waals surface area (Å²) in [7, 11) is 2.83. The van der Waals surface area contributed by atoms with Gasteiger partial charge in [0.2, 0.25) is 11.2 Å². The number of likely N-dealkylation sites (N-methyl/N-ethyl adjacent to an activating group) is 1. The molecule has 0 aromatic carbocycles. The van der Waals surface area contributed by atoms with Gasteiger partial charge in [-0.15, -0.1) is 11.3 Å². The fourth-order valence-corrected chi connectivity index (χ4v) is 3.76. The SMILES string of the molecule is COC(=O)C1=CC(c2cc(Br)c(C)s2)=NS(=O)N1C. The minimum Gasteiger partial charge on any atom is -0.464 e. The van der Waals surface area contributed by atoms with E-state index in [1.165, 1.54) is 29.8 Å². The van der Waals surface area contributed by atoms with Crippen molar-refractivity contribution in [2.45, 2.75) is 6.92 Å². The number of nitrogens with zero attached hydrogens (tertiary/aromatic N) is 2. The number of esters is 1. The van der Waals surface area contributed by atoms with Gasteiger partial charge in [-0.25, -0.2) is 9.00 Å². The highest BCUT2D eigenvalue weighted by molar-refractivity contribution is 9.10. The van der Waals surface area contributed by atoms with Gasteiger partial charge in [0.05, 0.1) is 17.7 Å². The molecule has 19 heavy (non-hydrogen) atoms. The maximum atomic E-state index is 11.9. The maximum absolute atomic E-state index is 11.9. The number of aryl methyl sites for hydroxylation is 1. The van der Waals surface area contributed by atoms with Crippen LogP contribution in [0.2, 0.25) is 0 Å². The monoisotopic (exact) mass is 362 g/mol. The zero-order valence-electron chi connectivity index (χ0n) is 10.5. The van der Waals surface area contributed by atoms with E-state index in [9.17, 15) is 9.00 Å². The second-order valence-electron chi connectivity index (χ2n) is 3.74. The highest BCUT2D eigenvalue weighted by Gasteiger charge is 2.25. The number of allylic oxidation sites excluding steroid dienone is 1. The van der Waals surface area contributed by atoms with Gasteiger partial charge in [0.15, 0.2) is 0 Å². The van der Waals surface area contributed by atoms with Crippen LogP contribution in [-0.2, 0) is 20.7 Å². The lowest BCUT2D eigenvalue weighted by Crippen LogP contribution is -2.29. The fraction of sp³-hybridized carbons (Fsp3) is 0.273. The molecule has 2 heterocycles. The van der Waals surface area contributed by atoms with Crippen LogP contribution in [0.15, 0.2) is 26.7 Å². The third-order valence-electron chi connectivity index (χ3n) is 2.53. The van der Waals surface area contributed by atoms with Crippen LogP contribution in [0.5, 0.6) is 0 Å². The van der Waals surface area contributed by atoms with Crippen LogP contribution in [0.3, 0.4) is 0 Å². The molecule has 0 spiro atoms. The Balaban J connectivity index is 2.46. The van der Waals surface area contributed by atoms with Crippen molar-refractivity contribution in [1.82, 2.24) is 4.31 Å². The van der Waals surface area contributed by atoms with Crippen LogP contribution < -0.4 is 0 Å². The van der Waals surface area contributed by atoms with E-state index >= 15 is 0 Å². The third kappa shape index (κ3) is 2.80. The summed E-state index contributed by atoms with van der Waals surface area (Å²) in [6, 6.07) is 1.90. The van der Waals surface area contributed by atoms with Crippen molar-refractivity contribution in [1.29, 1.82) is 0 Å². The van der Waals surface area contributed by atoms with Crippen molar-refractivity contribution in [3.8, 4) is 0 Å². The van der Waals surface area contributed by atoms with E-state index in [1.54, 1.807) is 6.08 Å². The number of thiophene rings is 1. The molecule has 1 unspecified atom stereocenters. The van der Waals surface area contributed by atoms with Gasteiger partial charge in [-0.05, 0) is 35.0 Å². The van der Waals surface area contributed by atoms with E-state index in [1.807, 2.05) is 13.0 Å². The highest BCUT2D eigenvalue weighted by Crippen LogP contribution is 2.29. The molecule has 1 aromatic rings. The van der Waals surface area contributed by atoms with E-state index < -0.39 is 17.1 Å². The lowest BCUT2D eigenvalue weighted by molar-refractivity contribution is -0.137. The van der Waals surface area contributed by atoms with Gasteiger partial charge < -0.3 is 4.74 Å². The molecular formula is C11H11BrN2O3S2. The Labute approximate surface area is 125 Å². The molecule has 0 radical (unpaired) electrons. The molecule has 0 amide bonds. The second-order valence-corrected chi connectivity index (χ2v) is 7.04. The second kappa shape index (κ2) is 5.56. The van der Waals surface area contributed by atoms with E-state index in [0.29, 0.717) is 5.71 Å². The van der Waals surface area contributed by atoms with E-state index in [2.05, 4.69) is 25.1 Å². The Hall–Kier alpha value is -0.990. The van der Waals surface area contributed by atoms with Crippen LogP contribution >= 0.6 is 27.3 Å². The molecule has 1 aliphatic heterocycles. The average Bonchev–Trinajstić information content (AvgIpc) is 2.72. The molecule has 1 aromatic heterocycles. The molecule has 2 rings (SSSR count). The van der Waals surface area contributed by atoms with E-state index in [4.69, 9.17) is 0 Å². The number of carbonyl (C=O) groups excluding carboxylic acids is 1. The summed E-state index contributed by atoms with van der Waals surface area (Å²) in [6.07, 6.45) is 1.59. The summed E-state index contributed by atoms with van der Waals surface area (Å²) < 4.78 is 22.9. The quantitative estimate of drug-likeness (QED) is 0.757. The zero-order chi connectivity index (χ0) is 14.2. The predicted octanol–water partition coefficient (Wildman–Crippen LogP) is 2.19. The van der Waals surface area contributed by atoms with Crippen LogP contribution in [0.4, 0.5) is 0 Å². The molecule has 0 bridgehead atoms. The molecule has 102 valence electrons. The highest BCUT2D eigenvalue weighted by atomic mass is 79.9. The molecule has 0 N–H and O–H groups in total. The van der Waals surface area contributed by atoms with Crippen LogP contribution in [0.1, 0.15) is 9.75 Å². The molecule has 1 aliphatic rings. The predicted molar refractivity (Wildman–Crippen MR) is 79.3 cm³/mol. The Kier molecular flexibility index (Phi) is 4.22. The van der Waals surface area contributed by atoms with Crippen LogP contribution in [-0.4, -0.2) is 34.4 Å².